The average molecular weight is 365 g/mol. The number of hydrogen-bond acceptors (Lipinski definition) is 2. The average Bonchev–Trinajstić information content (AvgIpc) is 2.72. The number of aromatic nitrogens is 1. The lowest BCUT2D eigenvalue weighted by Gasteiger charge is -2.37. The summed E-state index contributed by atoms with van der Waals surface area (Å²) in [6.07, 6.45) is 1.99. The molecule has 1 N–H and O–H groups in total. The van der Waals surface area contributed by atoms with Gasteiger partial charge >= 0.3 is 0 Å². The smallest absolute Gasteiger partial charge is 0.274 e. The van der Waals surface area contributed by atoms with Crippen LogP contribution in [0.5, 0.6) is 0 Å². The van der Waals surface area contributed by atoms with Crippen molar-refractivity contribution in [3.05, 3.63) is 95.1 Å². The van der Waals surface area contributed by atoms with E-state index in [-0.39, 0.29) is 6.04 Å². The molecule has 1 atom stereocenters. The fourth-order valence-electron chi connectivity index (χ4n) is 3.70. The highest BCUT2D eigenvalue weighted by Gasteiger charge is 2.29. The van der Waals surface area contributed by atoms with Crippen LogP contribution in [0.4, 0.5) is 5.82 Å². The number of pyridine rings is 1. The largest absolute Gasteiger partial charge is 0.285 e. The molecular weight excluding hydrogens is 342 g/mol. The molecule has 4 heteroatoms. The fraction of sp³-hybridized carbons (Fsp3) is 0.227. The van der Waals surface area contributed by atoms with E-state index in [1.807, 2.05) is 24.4 Å². The van der Waals surface area contributed by atoms with Gasteiger partial charge in [0, 0.05) is 24.2 Å². The predicted octanol–water partition coefficient (Wildman–Crippen LogP) is 4.07. The zero-order valence-electron chi connectivity index (χ0n) is 14.7. The summed E-state index contributed by atoms with van der Waals surface area (Å²) in [4.78, 5) is 8.33. The third kappa shape index (κ3) is 3.74. The van der Waals surface area contributed by atoms with E-state index in [9.17, 15) is 0 Å². The number of hydrogen-bond donors (Lipinski definition) is 0. The van der Waals surface area contributed by atoms with Gasteiger partial charge in [-0.05, 0) is 29.3 Å². The molecule has 2 aromatic carbocycles. The fourth-order valence-corrected chi connectivity index (χ4v) is 3.82. The highest BCUT2D eigenvalue weighted by molar-refractivity contribution is 6.30. The third-order valence-electron chi connectivity index (χ3n) is 5.01. The summed E-state index contributed by atoms with van der Waals surface area (Å²) in [6.45, 7) is 4.06. The van der Waals surface area contributed by atoms with E-state index in [4.69, 9.17) is 11.6 Å². The molecule has 1 aliphatic heterocycles. The SMILES string of the molecule is Clc1ccc([C@@H](c2ccccc2)N2CCN(c3cccc[nH+]3)CC2)cc1. The molecule has 1 aliphatic rings. The molecule has 3 nitrogen and oxygen atoms in total. The monoisotopic (exact) mass is 364 g/mol. The van der Waals surface area contributed by atoms with E-state index >= 15 is 0 Å². The Bertz CT molecular complexity index is 813. The minimum absolute atomic E-state index is 0.260. The lowest BCUT2D eigenvalue weighted by molar-refractivity contribution is -0.364. The van der Waals surface area contributed by atoms with Crippen LogP contribution in [-0.2, 0) is 0 Å². The number of nitrogens with one attached hydrogen (secondary N) is 1. The van der Waals surface area contributed by atoms with Gasteiger partial charge in [0.15, 0.2) is 0 Å². The van der Waals surface area contributed by atoms with E-state index < -0.39 is 0 Å². The van der Waals surface area contributed by atoms with Crippen LogP contribution in [0.1, 0.15) is 17.2 Å². The molecule has 0 bridgehead atoms. The van der Waals surface area contributed by atoms with Crippen molar-refractivity contribution in [2.45, 2.75) is 6.04 Å². The summed E-state index contributed by atoms with van der Waals surface area (Å²) >= 11 is 6.11. The first-order chi connectivity index (χ1) is 12.8. The number of piperazine rings is 1. The molecule has 0 saturated carbocycles. The molecule has 0 aliphatic carbocycles. The van der Waals surface area contributed by atoms with Crippen molar-refractivity contribution in [1.82, 2.24) is 4.90 Å². The summed E-state index contributed by atoms with van der Waals surface area (Å²) in [7, 11) is 0. The number of H-pyrrole nitrogens is 1. The molecule has 2 heterocycles. The Morgan fingerprint density at radius 3 is 2.04 bits per heavy atom. The van der Waals surface area contributed by atoms with E-state index in [0.29, 0.717) is 0 Å². The molecule has 26 heavy (non-hydrogen) atoms. The topological polar surface area (TPSA) is 20.6 Å². The first-order valence-corrected chi connectivity index (χ1v) is 9.45. The number of rotatable bonds is 4. The maximum atomic E-state index is 6.11. The second-order valence-electron chi connectivity index (χ2n) is 6.64. The Hall–Kier alpha value is -2.36. The van der Waals surface area contributed by atoms with Crippen LogP contribution in [0.15, 0.2) is 79.0 Å². The molecule has 0 spiro atoms. The maximum Gasteiger partial charge on any atom is 0.274 e. The van der Waals surface area contributed by atoms with Gasteiger partial charge in [-0.2, -0.15) is 0 Å². The van der Waals surface area contributed by atoms with Gasteiger partial charge in [0.05, 0.1) is 25.3 Å². The highest BCUT2D eigenvalue weighted by atomic mass is 35.5. The molecule has 132 valence electrons. The zero-order chi connectivity index (χ0) is 17.8. The van der Waals surface area contributed by atoms with E-state index in [0.717, 1.165) is 31.2 Å². The standard InChI is InChI=1S/C22H22ClN3/c23-20-11-9-19(10-12-20)22(18-6-2-1-3-7-18)26-16-14-25(15-17-26)21-8-4-5-13-24-21/h1-13,22H,14-17H2/p+1/t22-/m1/s1. The van der Waals surface area contributed by atoms with Gasteiger partial charge in [0.25, 0.3) is 5.82 Å². The van der Waals surface area contributed by atoms with Gasteiger partial charge in [-0.15, -0.1) is 0 Å². The molecular formula is C22H23ClN3+. The van der Waals surface area contributed by atoms with Gasteiger partial charge < -0.3 is 0 Å². The van der Waals surface area contributed by atoms with Crippen molar-refractivity contribution in [1.29, 1.82) is 0 Å². The van der Waals surface area contributed by atoms with Crippen molar-refractivity contribution in [3.8, 4) is 0 Å². The van der Waals surface area contributed by atoms with Crippen molar-refractivity contribution in [3.63, 3.8) is 0 Å². The summed E-state index contributed by atoms with van der Waals surface area (Å²) in [5, 5.41) is 0.782. The van der Waals surface area contributed by atoms with Crippen LogP contribution >= 0.6 is 11.6 Å². The summed E-state index contributed by atoms with van der Waals surface area (Å²) in [5.74, 6) is 1.19. The Labute approximate surface area is 159 Å². The molecule has 3 aromatic rings. The zero-order valence-corrected chi connectivity index (χ0v) is 15.4. The van der Waals surface area contributed by atoms with Crippen LogP contribution < -0.4 is 9.88 Å². The van der Waals surface area contributed by atoms with Gasteiger partial charge in [-0.1, -0.05) is 60.1 Å². The number of halogens is 1. The molecule has 1 aromatic heterocycles. The Morgan fingerprint density at radius 2 is 1.38 bits per heavy atom. The third-order valence-corrected chi connectivity index (χ3v) is 5.27. The molecule has 4 rings (SSSR count). The summed E-state index contributed by atoms with van der Waals surface area (Å²) in [6, 6.07) is 25.5. The van der Waals surface area contributed by atoms with Crippen LogP contribution in [0, 0.1) is 0 Å². The minimum Gasteiger partial charge on any atom is -0.285 e. The second-order valence-corrected chi connectivity index (χ2v) is 7.07. The van der Waals surface area contributed by atoms with E-state index in [1.165, 1.54) is 16.9 Å². The number of benzene rings is 2. The predicted molar refractivity (Wildman–Crippen MR) is 107 cm³/mol. The van der Waals surface area contributed by atoms with Crippen molar-refractivity contribution >= 4 is 17.4 Å². The maximum absolute atomic E-state index is 6.11. The quantitative estimate of drug-likeness (QED) is 0.695. The molecule has 0 radical (unpaired) electrons. The van der Waals surface area contributed by atoms with Crippen molar-refractivity contribution in [2.24, 2.45) is 0 Å². The van der Waals surface area contributed by atoms with Gasteiger partial charge in [-0.25, -0.2) is 4.98 Å². The van der Waals surface area contributed by atoms with Crippen LogP contribution in [-0.4, -0.2) is 31.1 Å². The first kappa shape index (κ1) is 17.1. The second kappa shape index (κ2) is 7.90. The van der Waals surface area contributed by atoms with Crippen molar-refractivity contribution in [2.75, 3.05) is 31.1 Å². The first-order valence-electron chi connectivity index (χ1n) is 9.07. The Kier molecular flexibility index (Phi) is 5.19. The van der Waals surface area contributed by atoms with Crippen LogP contribution in [0.2, 0.25) is 5.02 Å². The Balaban J connectivity index is 1.56. The molecule has 0 unspecified atom stereocenters. The number of aromatic amines is 1. The summed E-state index contributed by atoms with van der Waals surface area (Å²) in [5.41, 5.74) is 2.62. The molecule has 0 amide bonds. The molecule has 1 saturated heterocycles. The van der Waals surface area contributed by atoms with E-state index in [1.54, 1.807) is 0 Å². The highest BCUT2D eigenvalue weighted by Crippen LogP contribution is 2.30. The van der Waals surface area contributed by atoms with Crippen molar-refractivity contribution < 1.29 is 4.98 Å². The van der Waals surface area contributed by atoms with Gasteiger partial charge in [-0.3, -0.25) is 9.80 Å². The van der Waals surface area contributed by atoms with Crippen LogP contribution in [0.3, 0.4) is 0 Å². The normalized spacial score (nSPS) is 16.4. The lowest BCUT2D eigenvalue weighted by atomic mass is 9.96. The van der Waals surface area contributed by atoms with Crippen LogP contribution in [0.25, 0.3) is 0 Å². The Morgan fingerprint density at radius 1 is 0.731 bits per heavy atom. The number of nitrogens with zero attached hydrogens (tertiary/aromatic N) is 2. The number of anilines is 1. The van der Waals surface area contributed by atoms with Gasteiger partial charge in [0.1, 0.15) is 0 Å². The molecule has 1 fully saturated rings. The van der Waals surface area contributed by atoms with Gasteiger partial charge in [0.2, 0.25) is 0 Å². The van der Waals surface area contributed by atoms with E-state index in [2.05, 4.69) is 69.4 Å². The minimum atomic E-state index is 0.260. The summed E-state index contributed by atoms with van der Waals surface area (Å²) < 4.78 is 0. The lowest BCUT2D eigenvalue weighted by Crippen LogP contribution is -2.49.